The van der Waals surface area contributed by atoms with Crippen LogP contribution in [0.3, 0.4) is 0 Å². The van der Waals surface area contributed by atoms with Crippen LogP contribution in [0, 0.1) is 5.82 Å². The highest BCUT2D eigenvalue weighted by Crippen LogP contribution is 2.28. The van der Waals surface area contributed by atoms with Crippen molar-refractivity contribution in [3.63, 3.8) is 0 Å². The zero-order chi connectivity index (χ0) is 20.9. The van der Waals surface area contributed by atoms with Gasteiger partial charge in [-0.15, -0.1) is 10.2 Å². The predicted octanol–water partition coefficient (Wildman–Crippen LogP) is 5.46. The number of anilines is 1. The first-order chi connectivity index (χ1) is 14.6. The molecule has 0 spiro atoms. The highest BCUT2D eigenvalue weighted by molar-refractivity contribution is 7.99. The number of rotatable bonds is 6. The third kappa shape index (κ3) is 4.53. The molecule has 1 heterocycles. The number of carbonyl (C=O) groups is 1. The number of para-hydroxylation sites is 1. The Kier molecular flexibility index (Phi) is 6.11. The van der Waals surface area contributed by atoms with Gasteiger partial charge in [0.05, 0.1) is 11.4 Å². The van der Waals surface area contributed by atoms with Crippen LogP contribution in [0.15, 0.2) is 84.0 Å². The first-order valence-corrected chi connectivity index (χ1v) is 10.4. The summed E-state index contributed by atoms with van der Waals surface area (Å²) >= 11 is 6.97. The molecule has 0 bridgehead atoms. The van der Waals surface area contributed by atoms with Gasteiger partial charge in [0.2, 0.25) is 5.91 Å². The van der Waals surface area contributed by atoms with Crippen LogP contribution in [-0.2, 0) is 4.79 Å². The van der Waals surface area contributed by atoms with E-state index in [1.54, 1.807) is 0 Å². The normalized spacial score (nSPS) is 10.7. The van der Waals surface area contributed by atoms with Crippen molar-refractivity contribution in [2.45, 2.75) is 5.16 Å². The van der Waals surface area contributed by atoms with E-state index in [1.807, 2.05) is 65.2 Å². The van der Waals surface area contributed by atoms with Crippen LogP contribution < -0.4 is 5.32 Å². The number of hydrogen-bond acceptors (Lipinski definition) is 4. The molecule has 150 valence electrons. The van der Waals surface area contributed by atoms with Crippen LogP contribution in [0.25, 0.3) is 17.1 Å². The van der Waals surface area contributed by atoms with Crippen molar-refractivity contribution >= 4 is 35.0 Å². The third-order valence-corrected chi connectivity index (χ3v) is 5.38. The molecule has 3 aromatic carbocycles. The van der Waals surface area contributed by atoms with Crippen LogP contribution in [0.2, 0.25) is 5.02 Å². The molecule has 0 unspecified atom stereocenters. The first-order valence-electron chi connectivity index (χ1n) is 9.06. The number of hydrogen-bond donors (Lipinski definition) is 1. The molecular weight excluding hydrogens is 423 g/mol. The van der Waals surface area contributed by atoms with Gasteiger partial charge in [-0.05, 0) is 30.3 Å². The fourth-order valence-corrected chi connectivity index (χ4v) is 3.77. The molecule has 1 amide bonds. The van der Waals surface area contributed by atoms with Gasteiger partial charge < -0.3 is 5.32 Å². The minimum Gasteiger partial charge on any atom is -0.323 e. The van der Waals surface area contributed by atoms with Crippen LogP contribution in [-0.4, -0.2) is 26.4 Å². The van der Waals surface area contributed by atoms with E-state index in [1.165, 1.54) is 23.9 Å². The van der Waals surface area contributed by atoms with Crippen molar-refractivity contribution in [1.82, 2.24) is 14.8 Å². The van der Waals surface area contributed by atoms with Crippen molar-refractivity contribution in [3.05, 3.63) is 89.7 Å². The van der Waals surface area contributed by atoms with E-state index in [-0.39, 0.29) is 22.4 Å². The van der Waals surface area contributed by atoms with E-state index in [4.69, 9.17) is 11.6 Å². The first kappa shape index (κ1) is 20.1. The Bertz CT molecular complexity index is 1170. The molecule has 0 atom stereocenters. The Balaban J connectivity index is 1.57. The molecule has 1 N–H and O–H groups in total. The molecule has 4 aromatic rings. The average molecular weight is 439 g/mol. The number of halogens is 2. The van der Waals surface area contributed by atoms with E-state index in [9.17, 15) is 9.18 Å². The molecule has 8 heteroatoms. The van der Waals surface area contributed by atoms with E-state index >= 15 is 0 Å². The number of benzene rings is 3. The van der Waals surface area contributed by atoms with Crippen LogP contribution in [0.1, 0.15) is 0 Å². The van der Waals surface area contributed by atoms with Crippen LogP contribution >= 0.6 is 23.4 Å². The largest absolute Gasteiger partial charge is 0.323 e. The summed E-state index contributed by atoms with van der Waals surface area (Å²) in [4.78, 5) is 12.4. The zero-order valence-electron chi connectivity index (χ0n) is 15.6. The molecule has 0 fully saturated rings. The van der Waals surface area contributed by atoms with Gasteiger partial charge in [-0.1, -0.05) is 71.9 Å². The molecule has 1 aromatic heterocycles. The number of aromatic nitrogens is 3. The Morgan fingerprint density at radius 3 is 2.40 bits per heavy atom. The van der Waals surface area contributed by atoms with Gasteiger partial charge in [0.15, 0.2) is 11.0 Å². The van der Waals surface area contributed by atoms with Gasteiger partial charge in [0, 0.05) is 16.3 Å². The van der Waals surface area contributed by atoms with Crippen LogP contribution in [0.5, 0.6) is 0 Å². The monoisotopic (exact) mass is 438 g/mol. The Hall–Kier alpha value is -3.16. The molecule has 0 saturated carbocycles. The Labute approximate surface area is 181 Å². The smallest absolute Gasteiger partial charge is 0.234 e. The summed E-state index contributed by atoms with van der Waals surface area (Å²) in [6, 6.07) is 23.5. The van der Waals surface area contributed by atoms with E-state index in [0.717, 1.165) is 17.3 Å². The summed E-state index contributed by atoms with van der Waals surface area (Å²) < 4.78 is 15.8. The minimum absolute atomic E-state index is 0.0435. The zero-order valence-corrected chi connectivity index (χ0v) is 17.2. The van der Waals surface area contributed by atoms with Gasteiger partial charge in [-0.25, -0.2) is 4.39 Å². The fraction of sp³-hybridized carbons (Fsp3) is 0.0455. The number of amides is 1. The lowest BCUT2D eigenvalue weighted by Gasteiger charge is -2.10. The molecule has 30 heavy (non-hydrogen) atoms. The summed E-state index contributed by atoms with van der Waals surface area (Å²) in [6.45, 7) is 0. The summed E-state index contributed by atoms with van der Waals surface area (Å²) in [5, 5.41) is 12.0. The maximum Gasteiger partial charge on any atom is 0.234 e. The number of thioether (sulfide) groups is 1. The van der Waals surface area contributed by atoms with Crippen LogP contribution in [0.4, 0.5) is 10.1 Å². The minimum atomic E-state index is -0.584. The molecular formula is C22H16ClFN4OS. The average Bonchev–Trinajstić information content (AvgIpc) is 3.19. The molecule has 0 radical (unpaired) electrons. The lowest BCUT2D eigenvalue weighted by molar-refractivity contribution is -0.113. The van der Waals surface area contributed by atoms with E-state index in [0.29, 0.717) is 11.0 Å². The third-order valence-electron chi connectivity index (χ3n) is 4.22. The maximum atomic E-state index is 13.9. The number of nitrogens with zero attached hydrogens (tertiary/aromatic N) is 3. The summed E-state index contributed by atoms with van der Waals surface area (Å²) in [6.07, 6.45) is 0. The molecule has 0 aliphatic rings. The quantitative estimate of drug-likeness (QED) is 0.406. The SMILES string of the molecule is O=C(CSc1nnc(-c2ccccc2)n1-c1ccccc1)Nc1ccc(Cl)cc1F. The van der Waals surface area contributed by atoms with Gasteiger partial charge in [0.1, 0.15) is 5.82 Å². The lowest BCUT2D eigenvalue weighted by Crippen LogP contribution is -2.15. The van der Waals surface area contributed by atoms with Gasteiger partial charge in [0.25, 0.3) is 0 Å². The predicted molar refractivity (Wildman–Crippen MR) is 118 cm³/mol. The second kappa shape index (κ2) is 9.11. The van der Waals surface area contributed by atoms with Crippen molar-refractivity contribution < 1.29 is 9.18 Å². The van der Waals surface area contributed by atoms with Gasteiger partial charge in [-0.2, -0.15) is 0 Å². The molecule has 5 nitrogen and oxygen atoms in total. The van der Waals surface area contributed by atoms with E-state index in [2.05, 4.69) is 15.5 Å². The summed E-state index contributed by atoms with van der Waals surface area (Å²) in [5.41, 5.74) is 1.88. The van der Waals surface area contributed by atoms with Crippen molar-refractivity contribution in [2.75, 3.05) is 11.1 Å². The van der Waals surface area contributed by atoms with E-state index < -0.39 is 5.82 Å². The summed E-state index contributed by atoms with van der Waals surface area (Å²) in [7, 11) is 0. The number of carbonyl (C=O) groups excluding carboxylic acids is 1. The maximum absolute atomic E-state index is 13.9. The Morgan fingerprint density at radius 1 is 1.00 bits per heavy atom. The molecule has 0 aliphatic carbocycles. The topological polar surface area (TPSA) is 59.8 Å². The molecule has 0 aliphatic heterocycles. The lowest BCUT2D eigenvalue weighted by atomic mass is 10.2. The molecule has 4 rings (SSSR count). The highest BCUT2D eigenvalue weighted by atomic mass is 35.5. The van der Waals surface area contributed by atoms with Crippen molar-refractivity contribution in [3.8, 4) is 17.1 Å². The van der Waals surface area contributed by atoms with Gasteiger partial charge in [-0.3, -0.25) is 9.36 Å². The van der Waals surface area contributed by atoms with Crippen molar-refractivity contribution in [2.24, 2.45) is 0 Å². The van der Waals surface area contributed by atoms with Gasteiger partial charge >= 0.3 is 0 Å². The standard InChI is InChI=1S/C22H16ClFN4OS/c23-16-11-12-19(18(24)13-16)25-20(29)14-30-22-27-26-21(15-7-3-1-4-8-15)28(22)17-9-5-2-6-10-17/h1-13H,14H2,(H,25,29). The van der Waals surface area contributed by atoms with Crippen molar-refractivity contribution in [1.29, 1.82) is 0 Å². The fourth-order valence-electron chi connectivity index (χ4n) is 2.85. The Morgan fingerprint density at radius 2 is 1.70 bits per heavy atom. The second-order valence-corrected chi connectivity index (χ2v) is 7.68. The highest BCUT2D eigenvalue weighted by Gasteiger charge is 2.17. The molecule has 0 saturated heterocycles. The second-order valence-electron chi connectivity index (χ2n) is 6.30. The number of nitrogens with one attached hydrogen (secondary N) is 1. The summed E-state index contributed by atoms with van der Waals surface area (Å²) in [5.74, 6) is -0.222.